The summed E-state index contributed by atoms with van der Waals surface area (Å²) in [6.45, 7) is 5.61. The van der Waals surface area contributed by atoms with Gasteiger partial charge in [0.05, 0.1) is 11.1 Å². The Hall–Kier alpha value is -2.79. The molecule has 1 heterocycles. The van der Waals surface area contributed by atoms with Gasteiger partial charge in [0.25, 0.3) is 0 Å². The van der Waals surface area contributed by atoms with Crippen molar-refractivity contribution in [1.82, 2.24) is 0 Å². The number of aryl methyl sites for hydroxylation is 2. The molecule has 1 amide bonds. The lowest BCUT2D eigenvalue weighted by atomic mass is 9.81. The normalized spacial score (nSPS) is 21.2. The molecule has 1 saturated heterocycles. The molecule has 192 valence electrons. The predicted molar refractivity (Wildman–Crippen MR) is 118 cm³/mol. The number of hydrogen-bond acceptors (Lipinski definition) is 4. The van der Waals surface area contributed by atoms with Gasteiger partial charge in [0, 0.05) is 25.0 Å². The van der Waals surface area contributed by atoms with E-state index in [1.165, 1.54) is 7.11 Å². The molecule has 5 nitrogen and oxygen atoms in total. The number of rotatable bonds is 5. The van der Waals surface area contributed by atoms with E-state index in [0.29, 0.717) is 12.1 Å². The Morgan fingerprint density at radius 2 is 1.63 bits per heavy atom. The van der Waals surface area contributed by atoms with Crippen molar-refractivity contribution in [3.63, 3.8) is 0 Å². The number of anilines is 2. The fourth-order valence-corrected chi connectivity index (χ4v) is 4.42. The third-order valence-electron chi connectivity index (χ3n) is 6.20. The zero-order chi connectivity index (χ0) is 26.2. The van der Waals surface area contributed by atoms with Crippen molar-refractivity contribution in [3.05, 3.63) is 58.7 Å². The summed E-state index contributed by atoms with van der Waals surface area (Å²) in [4.78, 5) is 15.3. The number of amides is 1. The average molecular weight is 504 g/mol. The molecule has 0 unspecified atom stereocenters. The zero-order valence-corrected chi connectivity index (χ0v) is 19.6. The van der Waals surface area contributed by atoms with Gasteiger partial charge in [0.2, 0.25) is 5.91 Å². The Morgan fingerprint density at radius 3 is 2.09 bits per heavy atom. The maximum absolute atomic E-state index is 13.5. The summed E-state index contributed by atoms with van der Waals surface area (Å²) in [5.41, 5.74) is -2.42. The van der Waals surface area contributed by atoms with Crippen LogP contribution in [0.25, 0.3) is 0 Å². The summed E-state index contributed by atoms with van der Waals surface area (Å²) in [6, 6.07) is 6.62. The number of methoxy groups -OCH3 is 1. The molecule has 2 atom stereocenters. The minimum atomic E-state index is -5.04. The lowest BCUT2D eigenvalue weighted by Gasteiger charge is -2.47. The Labute approximate surface area is 199 Å². The Kier molecular flexibility index (Phi) is 7.42. The SMILES string of the molecule is CC[C@@]1(C(=O)Nc2cc(C(F)(F)F)cc(C(F)(F)F)c2)CN(c2c(C)cccc2C)CO[C@H]1OC. The highest BCUT2D eigenvalue weighted by molar-refractivity contribution is 5.96. The van der Waals surface area contributed by atoms with E-state index in [9.17, 15) is 31.1 Å². The maximum Gasteiger partial charge on any atom is 0.416 e. The van der Waals surface area contributed by atoms with Gasteiger partial charge in [-0.25, -0.2) is 0 Å². The smallest absolute Gasteiger partial charge is 0.355 e. The third kappa shape index (κ3) is 5.40. The molecule has 1 N–H and O–H groups in total. The maximum atomic E-state index is 13.5. The van der Waals surface area contributed by atoms with Crippen LogP contribution in [-0.4, -0.2) is 32.6 Å². The lowest BCUT2D eigenvalue weighted by Crippen LogP contribution is -2.59. The molecule has 0 aliphatic carbocycles. The topological polar surface area (TPSA) is 50.8 Å². The van der Waals surface area contributed by atoms with Gasteiger partial charge in [0.1, 0.15) is 12.1 Å². The first-order valence-electron chi connectivity index (χ1n) is 10.8. The third-order valence-corrected chi connectivity index (χ3v) is 6.20. The molecule has 2 aromatic rings. The van der Waals surface area contributed by atoms with Gasteiger partial charge in [0.15, 0.2) is 6.29 Å². The van der Waals surface area contributed by atoms with E-state index in [4.69, 9.17) is 9.47 Å². The first kappa shape index (κ1) is 26.8. The van der Waals surface area contributed by atoms with Crippen LogP contribution in [0.4, 0.5) is 37.7 Å². The Balaban J connectivity index is 2.02. The van der Waals surface area contributed by atoms with Gasteiger partial charge in [-0.05, 0) is 49.6 Å². The van der Waals surface area contributed by atoms with Gasteiger partial charge >= 0.3 is 12.4 Å². The highest BCUT2D eigenvalue weighted by atomic mass is 19.4. The molecule has 0 bridgehead atoms. The monoisotopic (exact) mass is 504 g/mol. The van der Waals surface area contributed by atoms with Gasteiger partial charge in [-0.2, -0.15) is 26.3 Å². The quantitative estimate of drug-likeness (QED) is 0.497. The first-order valence-corrected chi connectivity index (χ1v) is 10.8. The molecule has 1 aliphatic heterocycles. The predicted octanol–water partition coefficient (Wildman–Crippen LogP) is 6.14. The minimum Gasteiger partial charge on any atom is -0.355 e. The van der Waals surface area contributed by atoms with Crippen molar-refractivity contribution in [1.29, 1.82) is 0 Å². The van der Waals surface area contributed by atoms with E-state index in [1.54, 1.807) is 6.92 Å². The number of para-hydroxylation sites is 1. The second-order valence-corrected chi connectivity index (χ2v) is 8.56. The van der Waals surface area contributed by atoms with E-state index in [1.807, 2.05) is 36.9 Å². The van der Waals surface area contributed by atoms with Crippen LogP contribution in [-0.2, 0) is 26.6 Å². The van der Waals surface area contributed by atoms with Crippen LogP contribution in [0, 0.1) is 19.3 Å². The fraction of sp³-hybridized carbons (Fsp3) is 0.458. The van der Waals surface area contributed by atoms with Crippen LogP contribution in [0.15, 0.2) is 36.4 Å². The molecule has 0 radical (unpaired) electrons. The van der Waals surface area contributed by atoms with Gasteiger partial charge in [-0.15, -0.1) is 0 Å². The average Bonchev–Trinajstić information content (AvgIpc) is 2.77. The van der Waals surface area contributed by atoms with Crippen molar-refractivity contribution in [3.8, 4) is 0 Å². The molecule has 1 aliphatic rings. The van der Waals surface area contributed by atoms with E-state index < -0.39 is 46.8 Å². The molecule has 0 saturated carbocycles. The van der Waals surface area contributed by atoms with Crippen LogP contribution in [0.2, 0.25) is 0 Å². The van der Waals surface area contributed by atoms with Crippen molar-refractivity contribution < 1.29 is 40.6 Å². The van der Waals surface area contributed by atoms with Gasteiger partial charge in [-0.3, -0.25) is 4.79 Å². The molecule has 1 fully saturated rings. The van der Waals surface area contributed by atoms with E-state index in [2.05, 4.69) is 5.32 Å². The summed E-state index contributed by atoms with van der Waals surface area (Å²) in [5, 5.41) is 2.27. The van der Waals surface area contributed by atoms with E-state index >= 15 is 0 Å². The second kappa shape index (κ2) is 9.69. The number of ether oxygens (including phenoxy) is 2. The van der Waals surface area contributed by atoms with Gasteiger partial charge < -0.3 is 19.7 Å². The molecular formula is C24H26F6N2O3. The number of carbonyl (C=O) groups excluding carboxylic acids is 1. The van der Waals surface area contributed by atoms with Crippen LogP contribution >= 0.6 is 0 Å². The van der Waals surface area contributed by atoms with Crippen molar-refractivity contribution >= 4 is 17.3 Å². The van der Waals surface area contributed by atoms with Crippen LogP contribution in [0.5, 0.6) is 0 Å². The number of alkyl halides is 6. The number of carbonyl (C=O) groups is 1. The van der Waals surface area contributed by atoms with E-state index in [0.717, 1.165) is 16.8 Å². The summed E-state index contributed by atoms with van der Waals surface area (Å²) in [7, 11) is 1.32. The molecule has 0 aromatic heterocycles. The molecular weight excluding hydrogens is 478 g/mol. The second-order valence-electron chi connectivity index (χ2n) is 8.56. The minimum absolute atomic E-state index is 0.00954. The first-order chi connectivity index (χ1) is 16.2. The lowest BCUT2D eigenvalue weighted by molar-refractivity contribution is -0.209. The molecule has 0 spiro atoms. The summed E-state index contributed by atoms with van der Waals surface area (Å²) in [5.74, 6) is -0.810. The largest absolute Gasteiger partial charge is 0.416 e. The number of hydrogen-bond donors (Lipinski definition) is 1. The van der Waals surface area contributed by atoms with Crippen LogP contribution in [0.3, 0.4) is 0 Å². The Morgan fingerprint density at radius 1 is 1.09 bits per heavy atom. The standard InChI is InChI=1S/C24H26F6N2O3/c1-5-22(12-32(13-35-21(22)34-4)19-14(2)7-6-8-15(19)3)20(33)31-18-10-16(23(25,26)27)9-17(11-18)24(28,29)30/h6-11,21H,5,12-13H2,1-4H3,(H,31,33)/t21-,22+/m1/s1. The van der Waals surface area contributed by atoms with Crippen molar-refractivity contribution in [2.75, 3.05) is 30.6 Å². The van der Waals surface area contributed by atoms with Crippen molar-refractivity contribution in [2.45, 2.75) is 45.8 Å². The Bertz CT molecular complexity index is 1030. The molecule has 3 rings (SSSR count). The number of nitrogens with one attached hydrogen (secondary N) is 1. The number of halogens is 6. The summed E-state index contributed by atoms with van der Waals surface area (Å²) >= 11 is 0. The summed E-state index contributed by atoms with van der Waals surface area (Å²) in [6.07, 6.45) is -11.0. The molecule has 11 heteroatoms. The number of nitrogens with zero attached hydrogens (tertiary/aromatic N) is 1. The highest BCUT2D eigenvalue weighted by Crippen LogP contribution is 2.41. The van der Waals surface area contributed by atoms with Crippen molar-refractivity contribution in [2.24, 2.45) is 5.41 Å². The van der Waals surface area contributed by atoms with E-state index in [-0.39, 0.29) is 25.8 Å². The van der Waals surface area contributed by atoms with Crippen LogP contribution in [0.1, 0.15) is 35.6 Å². The van der Waals surface area contributed by atoms with Gasteiger partial charge in [-0.1, -0.05) is 25.1 Å². The summed E-state index contributed by atoms with van der Waals surface area (Å²) < 4.78 is 90.8. The zero-order valence-electron chi connectivity index (χ0n) is 19.6. The fourth-order valence-electron chi connectivity index (χ4n) is 4.42. The van der Waals surface area contributed by atoms with Crippen LogP contribution < -0.4 is 10.2 Å². The number of benzene rings is 2. The molecule has 35 heavy (non-hydrogen) atoms. The molecule has 2 aromatic carbocycles. The highest BCUT2D eigenvalue weighted by Gasteiger charge is 2.50.